The van der Waals surface area contributed by atoms with Crippen LogP contribution >= 0.6 is 11.3 Å². The van der Waals surface area contributed by atoms with Crippen LogP contribution in [-0.4, -0.2) is 25.3 Å². The van der Waals surface area contributed by atoms with Gasteiger partial charge in [-0.05, 0) is 10.4 Å². The molecule has 1 amide bonds. The van der Waals surface area contributed by atoms with Gasteiger partial charge < -0.3 is 19.6 Å². The zero-order valence-electron chi connectivity index (χ0n) is 7.62. The van der Waals surface area contributed by atoms with E-state index in [1.807, 2.05) is 0 Å². The third-order valence-electron chi connectivity index (χ3n) is 1.61. The predicted molar refractivity (Wildman–Crippen MR) is 46.4 cm³/mol. The Morgan fingerprint density at radius 3 is 3.07 bits per heavy atom. The normalized spacial score (nSPS) is 14.1. The van der Waals surface area contributed by atoms with E-state index in [1.54, 1.807) is 0 Å². The molecule has 1 aliphatic heterocycles. The van der Waals surface area contributed by atoms with Gasteiger partial charge in [0.2, 0.25) is 0 Å². The van der Waals surface area contributed by atoms with Crippen molar-refractivity contribution in [1.29, 1.82) is 0 Å². The van der Waals surface area contributed by atoms with Crippen molar-refractivity contribution < 1.29 is 72.5 Å². The van der Waals surface area contributed by atoms with Crippen LogP contribution in [-0.2, 0) is 0 Å². The van der Waals surface area contributed by atoms with E-state index in [9.17, 15) is 9.59 Å². The third kappa shape index (κ3) is 2.52. The summed E-state index contributed by atoms with van der Waals surface area (Å²) in [7, 11) is 0. The summed E-state index contributed by atoms with van der Waals surface area (Å²) in [6, 6.07) is 2.69. The first-order chi connectivity index (χ1) is 6.31. The SMILES string of the molecule is O=Cc1[c-]c2c(s1)OCCNC2=O.[Rb+]. The number of thiophene rings is 1. The molecule has 1 aromatic rings. The molecule has 1 aliphatic rings. The number of nitrogens with one attached hydrogen (secondary N) is 1. The molecule has 2 heterocycles. The smallest absolute Gasteiger partial charge is 0.525 e. The van der Waals surface area contributed by atoms with Crippen LogP contribution in [0, 0.1) is 6.07 Å². The molecule has 1 N–H and O–H groups in total. The van der Waals surface area contributed by atoms with E-state index < -0.39 is 0 Å². The Bertz CT molecular complexity index is 363. The van der Waals surface area contributed by atoms with E-state index in [2.05, 4.69) is 11.4 Å². The van der Waals surface area contributed by atoms with Crippen LogP contribution in [0.2, 0.25) is 0 Å². The van der Waals surface area contributed by atoms with Crippen molar-refractivity contribution in [3.63, 3.8) is 0 Å². The Hall–Kier alpha value is 0.445. The van der Waals surface area contributed by atoms with E-state index in [-0.39, 0.29) is 64.1 Å². The standard InChI is InChI=1S/C8H6NO3S.Rb/c10-4-5-3-6-7(11)9-1-2-12-8(6)13-5;/h4H,1-2H2,(H,9,11);/q-1;+1. The van der Waals surface area contributed by atoms with Gasteiger partial charge in [-0.1, -0.05) is 0 Å². The molecular formula is C8H6NO3RbS. The van der Waals surface area contributed by atoms with E-state index in [0.717, 1.165) is 11.3 Å². The molecule has 0 fully saturated rings. The molecular weight excluding hydrogens is 276 g/mol. The number of fused-ring (bicyclic) bond motifs is 1. The van der Waals surface area contributed by atoms with Crippen molar-refractivity contribution in [2.45, 2.75) is 0 Å². The zero-order valence-corrected chi connectivity index (χ0v) is 13.4. The maximum atomic E-state index is 11.3. The molecule has 0 aromatic carbocycles. The minimum atomic E-state index is -0.225. The van der Waals surface area contributed by atoms with Crippen LogP contribution in [0.3, 0.4) is 0 Å². The number of amides is 1. The molecule has 0 bridgehead atoms. The molecule has 68 valence electrons. The van der Waals surface area contributed by atoms with Crippen molar-refractivity contribution in [3.05, 3.63) is 16.5 Å². The molecule has 2 rings (SSSR count). The van der Waals surface area contributed by atoms with E-state index >= 15 is 0 Å². The molecule has 0 saturated carbocycles. The average Bonchev–Trinajstić information content (AvgIpc) is 2.48. The van der Waals surface area contributed by atoms with Crippen LogP contribution in [0.15, 0.2) is 0 Å². The summed E-state index contributed by atoms with van der Waals surface area (Å²) < 4.78 is 5.25. The summed E-state index contributed by atoms with van der Waals surface area (Å²) in [5.41, 5.74) is 0.338. The van der Waals surface area contributed by atoms with Gasteiger partial charge in [-0.3, -0.25) is 0 Å². The molecule has 0 atom stereocenters. The first-order valence-electron chi connectivity index (χ1n) is 3.73. The molecule has 0 radical (unpaired) electrons. The Labute approximate surface area is 134 Å². The van der Waals surface area contributed by atoms with Gasteiger partial charge in [-0.2, -0.15) is 11.3 Å². The Morgan fingerprint density at radius 2 is 2.36 bits per heavy atom. The second-order valence-electron chi connectivity index (χ2n) is 2.48. The van der Waals surface area contributed by atoms with Gasteiger partial charge in [-0.25, -0.2) is 0 Å². The number of hydrogen-bond donors (Lipinski definition) is 1. The molecule has 4 nitrogen and oxygen atoms in total. The summed E-state index contributed by atoms with van der Waals surface area (Å²) in [4.78, 5) is 22.1. The number of rotatable bonds is 1. The van der Waals surface area contributed by atoms with Crippen LogP contribution in [0.4, 0.5) is 0 Å². The fraction of sp³-hybridized carbons (Fsp3) is 0.250. The summed E-state index contributed by atoms with van der Waals surface area (Å²) >= 11 is 1.15. The van der Waals surface area contributed by atoms with Crippen LogP contribution in [0.1, 0.15) is 20.0 Å². The molecule has 0 spiro atoms. The largest absolute Gasteiger partial charge is 1.00 e. The number of carbonyl (C=O) groups excluding carboxylic acids is 2. The van der Waals surface area contributed by atoms with Crippen molar-refractivity contribution >= 4 is 23.5 Å². The molecule has 1 aromatic heterocycles. The maximum absolute atomic E-state index is 11.3. The summed E-state index contributed by atoms with van der Waals surface area (Å²) in [5, 5.41) is 3.12. The first kappa shape index (κ1) is 12.5. The van der Waals surface area contributed by atoms with Gasteiger partial charge in [0, 0.05) is 6.54 Å². The number of carbonyl (C=O) groups is 2. The van der Waals surface area contributed by atoms with Gasteiger partial charge in [0.15, 0.2) is 5.91 Å². The van der Waals surface area contributed by atoms with Crippen LogP contribution < -0.4 is 68.2 Å². The van der Waals surface area contributed by atoms with Crippen molar-refractivity contribution in [2.24, 2.45) is 0 Å². The fourth-order valence-corrected chi connectivity index (χ4v) is 1.84. The summed E-state index contributed by atoms with van der Waals surface area (Å²) in [6.07, 6.45) is 0.663. The quantitative estimate of drug-likeness (QED) is 0.457. The van der Waals surface area contributed by atoms with Crippen LogP contribution in [0.5, 0.6) is 5.06 Å². The molecule has 6 heteroatoms. The fourth-order valence-electron chi connectivity index (χ4n) is 1.05. The summed E-state index contributed by atoms with van der Waals surface area (Å²) in [6.45, 7) is 0.926. The molecule has 0 aliphatic carbocycles. The van der Waals surface area contributed by atoms with Crippen LogP contribution in [0.25, 0.3) is 0 Å². The third-order valence-corrected chi connectivity index (χ3v) is 2.54. The Kier molecular flexibility index (Phi) is 4.92. The minimum Gasteiger partial charge on any atom is -0.525 e. The molecule has 0 unspecified atom stereocenters. The number of ether oxygens (including phenoxy) is 1. The van der Waals surface area contributed by atoms with Crippen molar-refractivity contribution in [1.82, 2.24) is 5.32 Å². The van der Waals surface area contributed by atoms with Crippen molar-refractivity contribution in [2.75, 3.05) is 13.2 Å². The van der Waals surface area contributed by atoms with Crippen molar-refractivity contribution in [3.8, 4) is 5.06 Å². The Morgan fingerprint density at radius 1 is 1.57 bits per heavy atom. The van der Waals surface area contributed by atoms with Gasteiger partial charge in [0.25, 0.3) is 0 Å². The number of hydrogen-bond acceptors (Lipinski definition) is 4. The van der Waals surface area contributed by atoms with Gasteiger partial charge in [-0.15, -0.1) is 6.07 Å². The van der Waals surface area contributed by atoms with Gasteiger partial charge >= 0.3 is 58.2 Å². The van der Waals surface area contributed by atoms with E-state index in [1.165, 1.54) is 0 Å². The zero-order chi connectivity index (χ0) is 9.26. The topological polar surface area (TPSA) is 55.4 Å². The van der Waals surface area contributed by atoms with E-state index in [4.69, 9.17) is 4.74 Å². The predicted octanol–water partition coefficient (Wildman–Crippen LogP) is -2.51. The second kappa shape index (κ2) is 5.51. The first-order valence-corrected chi connectivity index (χ1v) is 4.55. The van der Waals surface area contributed by atoms with Gasteiger partial charge in [0.05, 0.1) is 12.9 Å². The van der Waals surface area contributed by atoms with Gasteiger partial charge in [0.1, 0.15) is 5.06 Å². The van der Waals surface area contributed by atoms with E-state index in [0.29, 0.717) is 34.9 Å². The molecule has 0 saturated heterocycles. The summed E-state index contributed by atoms with van der Waals surface area (Å²) in [5.74, 6) is -0.225. The minimum absolute atomic E-state index is 0. The maximum Gasteiger partial charge on any atom is 1.00 e. The monoisotopic (exact) mass is 281 g/mol. The Balaban J connectivity index is 0.000000980. The molecule has 14 heavy (non-hydrogen) atoms. The average molecular weight is 282 g/mol. The number of aldehydes is 1. The second-order valence-corrected chi connectivity index (χ2v) is 3.49.